The Labute approximate surface area is 149 Å². The highest BCUT2D eigenvalue weighted by atomic mass is 16.5. The molecule has 1 N–H and O–H groups in total. The molecule has 0 atom stereocenters. The fourth-order valence-corrected chi connectivity index (χ4v) is 2.60. The van der Waals surface area contributed by atoms with Crippen LogP contribution in [0, 0.1) is 0 Å². The number of hydrogen-bond acceptors (Lipinski definition) is 5. The van der Waals surface area contributed by atoms with Crippen LogP contribution in [0.3, 0.4) is 0 Å². The Morgan fingerprint density at radius 2 is 1.48 bits per heavy atom. The summed E-state index contributed by atoms with van der Waals surface area (Å²) in [5, 5.41) is 3.42. The van der Waals surface area contributed by atoms with E-state index in [0.29, 0.717) is 23.8 Å². The van der Waals surface area contributed by atoms with E-state index in [0.717, 1.165) is 17.9 Å². The maximum atomic E-state index is 5.66. The van der Waals surface area contributed by atoms with Gasteiger partial charge >= 0.3 is 0 Å². The first-order valence-corrected chi connectivity index (χ1v) is 8.33. The Kier molecular flexibility index (Phi) is 6.95. The highest BCUT2D eigenvalue weighted by molar-refractivity contribution is 5.55. The van der Waals surface area contributed by atoms with Gasteiger partial charge in [0.05, 0.1) is 27.4 Å². The molecular formula is C20H27NO4. The second kappa shape index (κ2) is 9.18. The molecule has 25 heavy (non-hydrogen) atoms. The molecule has 136 valence electrons. The van der Waals surface area contributed by atoms with Crippen molar-refractivity contribution in [3.63, 3.8) is 0 Å². The van der Waals surface area contributed by atoms with Crippen LogP contribution in [0.1, 0.15) is 25.0 Å². The molecule has 2 rings (SSSR count). The second-order valence-corrected chi connectivity index (χ2v) is 5.91. The first kappa shape index (κ1) is 18.9. The summed E-state index contributed by atoms with van der Waals surface area (Å²) in [5.41, 5.74) is 2.20. The van der Waals surface area contributed by atoms with E-state index >= 15 is 0 Å². The molecule has 0 saturated heterocycles. The highest BCUT2D eigenvalue weighted by Gasteiger charge is 2.15. The molecule has 2 aromatic carbocycles. The standard InChI is InChI=1S/C20H27NO4/c1-14(2)25-17-9-6-15(7-10-17)12-21-13-16-8-11-18(22-3)20(24-5)19(16)23-4/h6-11,14,21H,12-13H2,1-5H3. The second-order valence-electron chi connectivity index (χ2n) is 5.91. The molecule has 2 aromatic rings. The predicted octanol–water partition coefficient (Wildman–Crippen LogP) is 3.79. The molecule has 0 aliphatic rings. The molecule has 0 saturated carbocycles. The van der Waals surface area contributed by atoms with Crippen LogP contribution >= 0.6 is 0 Å². The Morgan fingerprint density at radius 1 is 0.800 bits per heavy atom. The zero-order valence-corrected chi connectivity index (χ0v) is 15.6. The lowest BCUT2D eigenvalue weighted by molar-refractivity contribution is 0.242. The minimum Gasteiger partial charge on any atom is -0.493 e. The van der Waals surface area contributed by atoms with E-state index in [1.54, 1.807) is 21.3 Å². The van der Waals surface area contributed by atoms with Crippen molar-refractivity contribution >= 4 is 0 Å². The van der Waals surface area contributed by atoms with Gasteiger partial charge in [0.2, 0.25) is 5.75 Å². The molecular weight excluding hydrogens is 318 g/mol. The molecule has 5 nitrogen and oxygen atoms in total. The molecule has 0 bridgehead atoms. The fraction of sp³-hybridized carbons (Fsp3) is 0.400. The van der Waals surface area contributed by atoms with Gasteiger partial charge in [-0.05, 0) is 37.6 Å². The van der Waals surface area contributed by atoms with Crippen molar-refractivity contribution in [2.24, 2.45) is 0 Å². The Bertz CT molecular complexity index is 668. The van der Waals surface area contributed by atoms with Crippen molar-refractivity contribution in [1.29, 1.82) is 0 Å². The van der Waals surface area contributed by atoms with Crippen LogP contribution in [0.5, 0.6) is 23.0 Å². The highest BCUT2D eigenvalue weighted by Crippen LogP contribution is 2.39. The first-order chi connectivity index (χ1) is 12.1. The van der Waals surface area contributed by atoms with Gasteiger partial charge in [-0.1, -0.05) is 18.2 Å². The van der Waals surface area contributed by atoms with Gasteiger partial charge in [0.25, 0.3) is 0 Å². The van der Waals surface area contributed by atoms with Gasteiger partial charge in [-0.2, -0.15) is 0 Å². The quantitative estimate of drug-likeness (QED) is 0.749. The van der Waals surface area contributed by atoms with Crippen LogP contribution in [0.15, 0.2) is 36.4 Å². The average molecular weight is 345 g/mol. The third kappa shape index (κ3) is 5.03. The molecule has 0 unspecified atom stereocenters. The summed E-state index contributed by atoms with van der Waals surface area (Å²) < 4.78 is 21.9. The third-order valence-electron chi connectivity index (χ3n) is 3.73. The molecule has 0 radical (unpaired) electrons. The lowest BCUT2D eigenvalue weighted by Crippen LogP contribution is -2.14. The van der Waals surface area contributed by atoms with E-state index in [9.17, 15) is 0 Å². The zero-order chi connectivity index (χ0) is 18.2. The SMILES string of the molecule is COc1ccc(CNCc2ccc(OC(C)C)cc2)c(OC)c1OC. The van der Waals surface area contributed by atoms with Crippen molar-refractivity contribution in [1.82, 2.24) is 5.32 Å². The summed E-state index contributed by atoms with van der Waals surface area (Å²) in [5.74, 6) is 2.85. The van der Waals surface area contributed by atoms with E-state index in [4.69, 9.17) is 18.9 Å². The van der Waals surface area contributed by atoms with Crippen LogP contribution in [-0.4, -0.2) is 27.4 Å². The van der Waals surface area contributed by atoms with Crippen LogP contribution in [0.4, 0.5) is 0 Å². The maximum Gasteiger partial charge on any atom is 0.203 e. The predicted molar refractivity (Wildman–Crippen MR) is 98.8 cm³/mol. The van der Waals surface area contributed by atoms with Gasteiger partial charge in [0, 0.05) is 18.7 Å². The normalized spacial score (nSPS) is 10.6. The number of rotatable bonds is 9. The van der Waals surface area contributed by atoms with Crippen molar-refractivity contribution in [3.05, 3.63) is 47.5 Å². The Morgan fingerprint density at radius 3 is 2.04 bits per heavy atom. The van der Waals surface area contributed by atoms with Crippen LogP contribution in [0.2, 0.25) is 0 Å². The summed E-state index contributed by atoms with van der Waals surface area (Å²) in [6.07, 6.45) is 0.182. The molecule has 5 heteroatoms. The number of methoxy groups -OCH3 is 3. The summed E-state index contributed by atoms with van der Waals surface area (Å²) in [7, 11) is 4.86. The molecule has 0 aliphatic carbocycles. The van der Waals surface area contributed by atoms with Gasteiger partial charge in [0.15, 0.2) is 11.5 Å². The van der Waals surface area contributed by atoms with E-state index in [2.05, 4.69) is 17.4 Å². The van der Waals surface area contributed by atoms with Crippen molar-refractivity contribution in [3.8, 4) is 23.0 Å². The molecule has 0 heterocycles. The van der Waals surface area contributed by atoms with Gasteiger partial charge < -0.3 is 24.3 Å². The molecule has 0 spiro atoms. The number of nitrogens with one attached hydrogen (secondary N) is 1. The minimum atomic E-state index is 0.182. The minimum absolute atomic E-state index is 0.182. The lowest BCUT2D eigenvalue weighted by atomic mass is 10.1. The molecule has 0 aliphatic heterocycles. The Hall–Kier alpha value is -2.40. The van der Waals surface area contributed by atoms with Gasteiger partial charge in [-0.3, -0.25) is 0 Å². The summed E-state index contributed by atoms with van der Waals surface area (Å²) in [6, 6.07) is 12.0. The monoisotopic (exact) mass is 345 g/mol. The van der Waals surface area contributed by atoms with Crippen molar-refractivity contribution < 1.29 is 18.9 Å². The topological polar surface area (TPSA) is 49.0 Å². The summed E-state index contributed by atoms with van der Waals surface area (Å²) >= 11 is 0. The number of ether oxygens (including phenoxy) is 4. The number of hydrogen-bond donors (Lipinski definition) is 1. The number of benzene rings is 2. The summed E-state index contributed by atoms with van der Waals surface area (Å²) in [6.45, 7) is 5.45. The van der Waals surface area contributed by atoms with Gasteiger partial charge in [0.1, 0.15) is 5.75 Å². The maximum absolute atomic E-state index is 5.66. The first-order valence-electron chi connectivity index (χ1n) is 8.33. The van der Waals surface area contributed by atoms with E-state index in [-0.39, 0.29) is 6.10 Å². The van der Waals surface area contributed by atoms with E-state index < -0.39 is 0 Å². The van der Waals surface area contributed by atoms with E-state index in [1.165, 1.54) is 5.56 Å². The fourth-order valence-electron chi connectivity index (χ4n) is 2.60. The molecule has 0 fully saturated rings. The van der Waals surface area contributed by atoms with E-state index in [1.807, 2.05) is 38.1 Å². The Balaban J connectivity index is 1.99. The van der Waals surface area contributed by atoms with Crippen molar-refractivity contribution in [2.75, 3.05) is 21.3 Å². The third-order valence-corrected chi connectivity index (χ3v) is 3.73. The summed E-state index contributed by atoms with van der Waals surface area (Å²) in [4.78, 5) is 0. The largest absolute Gasteiger partial charge is 0.493 e. The van der Waals surface area contributed by atoms with Gasteiger partial charge in [-0.15, -0.1) is 0 Å². The zero-order valence-electron chi connectivity index (χ0n) is 15.6. The van der Waals surface area contributed by atoms with Crippen LogP contribution in [-0.2, 0) is 13.1 Å². The van der Waals surface area contributed by atoms with Crippen LogP contribution in [0.25, 0.3) is 0 Å². The molecule has 0 amide bonds. The lowest BCUT2D eigenvalue weighted by Gasteiger charge is -2.16. The smallest absolute Gasteiger partial charge is 0.203 e. The average Bonchev–Trinajstić information content (AvgIpc) is 2.62. The van der Waals surface area contributed by atoms with Gasteiger partial charge in [-0.25, -0.2) is 0 Å². The van der Waals surface area contributed by atoms with Crippen LogP contribution < -0.4 is 24.3 Å². The molecule has 0 aromatic heterocycles. The van der Waals surface area contributed by atoms with Crippen molar-refractivity contribution in [2.45, 2.75) is 33.0 Å².